The number of amides is 2. The quantitative estimate of drug-likeness (QED) is 0.852. The van der Waals surface area contributed by atoms with E-state index in [9.17, 15) is 9.00 Å². The van der Waals surface area contributed by atoms with Crippen molar-refractivity contribution < 1.29 is 9.00 Å². The van der Waals surface area contributed by atoms with Crippen molar-refractivity contribution in [1.82, 2.24) is 10.6 Å². The fourth-order valence-corrected chi connectivity index (χ4v) is 2.90. The third kappa shape index (κ3) is 5.50. The van der Waals surface area contributed by atoms with Crippen LogP contribution in [0, 0.1) is 0 Å². The molecule has 0 heterocycles. The van der Waals surface area contributed by atoms with Crippen molar-refractivity contribution in [1.29, 1.82) is 0 Å². The van der Waals surface area contributed by atoms with Crippen LogP contribution in [0.2, 0.25) is 5.02 Å². The molecule has 0 aliphatic heterocycles. The molecule has 4 nitrogen and oxygen atoms in total. The van der Waals surface area contributed by atoms with Crippen molar-refractivity contribution in [3.63, 3.8) is 0 Å². The molecule has 2 N–H and O–H groups in total. The summed E-state index contributed by atoms with van der Waals surface area (Å²) in [4.78, 5) is 12.4. The lowest BCUT2D eigenvalue weighted by Crippen LogP contribution is -2.37. The summed E-state index contributed by atoms with van der Waals surface area (Å²) < 4.78 is 12.0. The Morgan fingerprint density at radius 2 is 1.68 bits per heavy atom. The minimum atomic E-state index is -1.10. The third-order valence-electron chi connectivity index (χ3n) is 2.95. The van der Waals surface area contributed by atoms with Crippen LogP contribution >= 0.6 is 11.6 Å². The first-order valence-electron chi connectivity index (χ1n) is 6.85. The monoisotopic (exact) mass is 336 g/mol. The first-order valence-corrected chi connectivity index (χ1v) is 8.54. The minimum absolute atomic E-state index is 0.278. The molecule has 0 aliphatic rings. The van der Waals surface area contributed by atoms with Gasteiger partial charge in [-0.3, -0.25) is 4.21 Å². The van der Waals surface area contributed by atoms with Gasteiger partial charge in [0.15, 0.2) is 0 Å². The average Bonchev–Trinajstić information content (AvgIpc) is 2.55. The van der Waals surface area contributed by atoms with Gasteiger partial charge in [0.1, 0.15) is 0 Å². The number of nitrogens with one attached hydrogen (secondary N) is 2. The fourth-order valence-electron chi connectivity index (χ4n) is 1.79. The van der Waals surface area contributed by atoms with Crippen molar-refractivity contribution >= 4 is 28.4 Å². The summed E-state index contributed by atoms with van der Waals surface area (Å²) in [6, 6.07) is 16.2. The molecular formula is C16H17ClN2O2S. The fraction of sp³-hybridized carbons (Fsp3) is 0.188. The standard InChI is InChI=1S/C16H17ClN2O2S/c17-14-8-6-13(7-9-14)12-19-16(20)18-10-11-22(21)15-4-2-1-3-5-15/h1-9H,10-12H2,(H2,18,19,20)/t22-/m1/s1. The summed E-state index contributed by atoms with van der Waals surface area (Å²) in [7, 11) is -1.10. The zero-order chi connectivity index (χ0) is 15.8. The minimum Gasteiger partial charge on any atom is -0.337 e. The van der Waals surface area contributed by atoms with E-state index in [0.29, 0.717) is 23.9 Å². The van der Waals surface area contributed by atoms with E-state index < -0.39 is 10.8 Å². The maximum Gasteiger partial charge on any atom is 0.315 e. The van der Waals surface area contributed by atoms with Crippen molar-refractivity contribution in [2.45, 2.75) is 11.4 Å². The Balaban J connectivity index is 1.67. The molecular weight excluding hydrogens is 320 g/mol. The van der Waals surface area contributed by atoms with E-state index in [1.807, 2.05) is 42.5 Å². The molecule has 0 radical (unpaired) electrons. The molecule has 0 fully saturated rings. The lowest BCUT2D eigenvalue weighted by molar-refractivity contribution is 0.241. The van der Waals surface area contributed by atoms with Crippen LogP contribution in [-0.2, 0) is 17.3 Å². The number of carbonyl (C=O) groups is 1. The van der Waals surface area contributed by atoms with E-state index in [4.69, 9.17) is 11.6 Å². The van der Waals surface area contributed by atoms with Crippen LogP contribution in [0.1, 0.15) is 5.56 Å². The molecule has 22 heavy (non-hydrogen) atoms. The van der Waals surface area contributed by atoms with Crippen LogP contribution in [0.3, 0.4) is 0 Å². The molecule has 0 bridgehead atoms. The Kier molecular flexibility index (Phi) is 6.43. The van der Waals surface area contributed by atoms with Crippen LogP contribution in [0.15, 0.2) is 59.5 Å². The second-order valence-corrected chi connectivity index (χ2v) is 6.61. The highest BCUT2D eigenvalue weighted by Gasteiger charge is 2.04. The zero-order valence-electron chi connectivity index (χ0n) is 11.9. The topological polar surface area (TPSA) is 58.2 Å². The smallest absolute Gasteiger partial charge is 0.315 e. The molecule has 0 aliphatic carbocycles. The Labute approximate surface area is 137 Å². The number of benzene rings is 2. The highest BCUT2D eigenvalue weighted by Crippen LogP contribution is 2.09. The van der Waals surface area contributed by atoms with Crippen molar-refractivity contribution in [3.8, 4) is 0 Å². The summed E-state index contributed by atoms with van der Waals surface area (Å²) in [6.07, 6.45) is 0. The number of rotatable bonds is 6. The average molecular weight is 337 g/mol. The van der Waals surface area contributed by atoms with Gasteiger partial charge in [-0.25, -0.2) is 4.79 Å². The van der Waals surface area contributed by atoms with Crippen LogP contribution in [0.4, 0.5) is 4.79 Å². The van der Waals surface area contributed by atoms with Crippen molar-refractivity contribution in [3.05, 3.63) is 65.2 Å². The first kappa shape index (κ1) is 16.5. The summed E-state index contributed by atoms with van der Waals surface area (Å²) in [5.74, 6) is 0.387. The lowest BCUT2D eigenvalue weighted by atomic mass is 10.2. The normalized spacial score (nSPS) is 11.7. The SMILES string of the molecule is O=C(NCC[S@@](=O)c1ccccc1)NCc1ccc(Cl)cc1. The predicted octanol–water partition coefficient (Wildman–Crippen LogP) is 2.95. The van der Waals surface area contributed by atoms with E-state index in [0.717, 1.165) is 10.5 Å². The first-order chi connectivity index (χ1) is 10.6. The van der Waals surface area contributed by atoms with Gasteiger partial charge >= 0.3 is 6.03 Å². The Hall–Kier alpha value is -1.85. The highest BCUT2D eigenvalue weighted by atomic mass is 35.5. The molecule has 0 unspecified atom stereocenters. The Bertz CT molecular complexity index is 632. The Morgan fingerprint density at radius 1 is 1.00 bits per heavy atom. The van der Waals surface area contributed by atoms with Crippen LogP contribution in [0.25, 0.3) is 0 Å². The third-order valence-corrected chi connectivity index (χ3v) is 4.57. The van der Waals surface area contributed by atoms with Gasteiger partial charge in [0.25, 0.3) is 0 Å². The summed E-state index contributed by atoms with van der Waals surface area (Å²) in [5, 5.41) is 6.10. The molecule has 0 saturated heterocycles. The molecule has 2 aromatic rings. The Morgan fingerprint density at radius 3 is 2.36 bits per heavy atom. The van der Waals surface area contributed by atoms with E-state index >= 15 is 0 Å². The maximum atomic E-state index is 12.0. The van der Waals surface area contributed by atoms with E-state index in [2.05, 4.69) is 10.6 Å². The van der Waals surface area contributed by atoms with Gasteiger partial charge < -0.3 is 10.6 Å². The number of urea groups is 1. The van der Waals surface area contributed by atoms with Gasteiger partial charge in [0.2, 0.25) is 0 Å². The van der Waals surface area contributed by atoms with Gasteiger partial charge in [-0.1, -0.05) is 41.9 Å². The van der Waals surface area contributed by atoms with Gasteiger partial charge in [0, 0.05) is 28.8 Å². The lowest BCUT2D eigenvalue weighted by Gasteiger charge is -2.08. The zero-order valence-corrected chi connectivity index (χ0v) is 13.5. The molecule has 2 amide bonds. The summed E-state index contributed by atoms with van der Waals surface area (Å²) in [6.45, 7) is 0.777. The van der Waals surface area contributed by atoms with E-state index in [1.165, 1.54) is 0 Å². The molecule has 0 saturated carbocycles. The van der Waals surface area contributed by atoms with Crippen LogP contribution < -0.4 is 10.6 Å². The van der Waals surface area contributed by atoms with Gasteiger partial charge in [0.05, 0.1) is 10.8 Å². The van der Waals surface area contributed by atoms with Crippen LogP contribution in [0.5, 0.6) is 0 Å². The molecule has 1 atom stereocenters. The van der Waals surface area contributed by atoms with Gasteiger partial charge in [-0.15, -0.1) is 0 Å². The molecule has 2 rings (SSSR count). The number of hydrogen-bond acceptors (Lipinski definition) is 2. The van der Waals surface area contributed by atoms with Crippen molar-refractivity contribution in [2.24, 2.45) is 0 Å². The number of hydrogen-bond donors (Lipinski definition) is 2. The number of halogens is 1. The largest absolute Gasteiger partial charge is 0.337 e. The van der Waals surface area contributed by atoms with E-state index in [-0.39, 0.29) is 6.03 Å². The maximum absolute atomic E-state index is 12.0. The second-order valence-electron chi connectivity index (χ2n) is 4.60. The van der Waals surface area contributed by atoms with E-state index in [1.54, 1.807) is 12.1 Å². The van der Waals surface area contributed by atoms with Crippen molar-refractivity contribution in [2.75, 3.05) is 12.3 Å². The predicted molar refractivity (Wildman–Crippen MR) is 89.4 cm³/mol. The number of carbonyl (C=O) groups excluding carboxylic acids is 1. The molecule has 2 aromatic carbocycles. The molecule has 0 spiro atoms. The second kappa shape index (κ2) is 8.56. The molecule has 116 valence electrons. The molecule has 0 aromatic heterocycles. The van der Waals surface area contributed by atoms with Gasteiger partial charge in [-0.2, -0.15) is 0 Å². The summed E-state index contributed by atoms with van der Waals surface area (Å²) in [5.41, 5.74) is 0.965. The summed E-state index contributed by atoms with van der Waals surface area (Å²) >= 11 is 5.79. The highest BCUT2D eigenvalue weighted by molar-refractivity contribution is 7.85. The van der Waals surface area contributed by atoms with Crippen LogP contribution in [-0.4, -0.2) is 22.5 Å². The van der Waals surface area contributed by atoms with Gasteiger partial charge in [-0.05, 0) is 29.8 Å². The molecule has 6 heteroatoms.